The number of carbonyl (C=O) groups is 1. The van der Waals surface area contributed by atoms with Gasteiger partial charge in [0.15, 0.2) is 0 Å². The van der Waals surface area contributed by atoms with Crippen LogP contribution in [0.15, 0.2) is 0 Å². The molecule has 4 nitrogen and oxygen atoms in total. The van der Waals surface area contributed by atoms with Gasteiger partial charge in [0.25, 0.3) is 0 Å². The Morgan fingerprint density at radius 2 is 2.60 bits per heavy atom. The Kier molecular flexibility index (Phi) is 2.24. The van der Waals surface area contributed by atoms with Crippen molar-refractivity contribution in [3.05, 3.63) is 0 Å². The summed E-state index contributed by atoms with van der Waals surface area (Å²) in [5.74, 6) is 5.62. The lowest BCUT2D eigenvalue weighted by molar-refractivity contribution is -0.119. The van der Waals surface area contributed by atoms with E-state index in [1.54, 1.807) is 0 Å². The molecule has 1 aliphatic rings. The van der Waals surface area contributed by atoms with E-state index in [9.17, 15) is 4.79 Å². The average Bonchev–Trinajstić information content (AvgIpc) is 2.13. The summed E-state index contributed by atoms with van der Waals surface area (Å²) in [6, 6.07) is 0.267. The van der Waals surface area contributed by atoms with Crippen LogP contribution in [0.4, 0.5) is 0 Å². The molecule has 58 valence electrons. The number of nitrogens with one attached hydrogen (secondary N) is 2. The van der Waals surface area contributed by atoms with E-state index in [1.165, 1.54) is 0 Å². The monoisotopic (exact) mass is 143 g/mol. The molecule has 0 saturated carbocycles. The number of hydrogen-bond acceptors (Lipinski definition) is 3. The van der Waals surface area contributed by atoms with E-state index in [2.05, 4.69) is 10.7 Å². The van der Waals surface area contributed by atoms with E-state index in [-0.39, 0.29) is 11.9 Å². The highest BCUT2D eigenvalue weighted by atomic mass is 16.1. The molecule has 0 aliphatic carbocycles. The van der Waals surface area contributed by atoms with Crippen LogP contribution >= 0.6 is 0 Å². The van der Waals surface area contributed by atoms with E-state index in [1.807, 2.05) is 6.92 Å². The molecule has 2 unspecified atom stereocenters. The summed E-state index contributed by atoms with van der Waals surface area (Å²) in [4.78, 5) is 10.8. The van der Waals surface area contributed by atoms with Gasteiger partial charge >= 0.3 is 0 Å². The number of hydrazine groups is 1. The fourth-order valence-corrected chi connectivity index (χ4v) is 1.25. The van der Waals surface area contributed by atoms with Crippen molar-refractivity contribution in [1.29, 1.82) is 0 Å². The van der Waals surface area contributed by atoms with Crippen LogP contribution in [0.25, 0.3) is 0 Å². The molecule has 1 heterocycles. The number of carbonyl (C=O) groups excluding carboxylic acids is 1. The van der Waals surface area contributed by atoms with E-state index < -0.39 is 0 Å². The zero-order valence-electron chi connectivity index (χ0n) is 6.05. The van der Waals surface area contributed by atoms with E-state index >= 15 is 0 Å². The summed E-state index contributed by atoms with van der Waals surface area (Å²) in [6.07, 6.45) is 0.603. The highest BCUT2D eigenvalue weighted by Gasteiger charge is 2.27. The highest BCUT2D eigenvalue weighted by Crippen LogP contribution is 2.14. The van der Waals surface area contributed by atoms with Crippen LogP contribution in [0.1, 0.15) is 13.3 Å². The fraction of sp³-hybridized carbons (Fsp3) is 0.833. The predicted octanol–water partition coefficient (Wildman–Crippen LogP) is -1.03. The molecule has 0 aromatic rings. The number of rotatable bonds is 2. The molecule has 0 spiro atoms. The second-order valence-corrected chi connectivity index (χ2v) is 2.73. The maximum absolute atomic E-state index is 10.8. The highest BCUT2D eigenvalue weighted by molar-refractivity contribution is 5.78. The Morgan fingerprint density at radius 3 is 3.00 bits per heavy atom. The standard InChI is InChI=1S/C6H13N3O/c1-4-5(3-8-7)2-6(10)9-4/h4-5,8H,2-3,7H2,1H3,(H,9,10). The quantitative estimate of drug-likeness (QED) is 0.342. The second-order valence-electron chi connectivity index (χ2n) is 2.73. The molecule has 0 aromatic carbocycles. The SMILES string of the molecule is CC1NC(=O)CC1CNN. The largest absolute Gasteiger partial charge is 0.353 e. The van der Waals surface area contributed by atoms with Crippen molar-refractivity contribution in [1.82, 2.24) is 10.7 Å². The summed E-state index contributed by atoms with van der Waals surface area (Å²) < 4.78 is 0. The van der Waals surface area contributed by atoms with Crippen molar-refractivity contribution < 1.29 is 4.79 Å². The van der Waals surface area contributed by atoms with Crippen LogP contribution in [0.3, 0.4) is 0 Å². The first kappa shape index (κ1) is 7.50. The molecule has 1 rings (SSSR count). The van der Waals surface area contributed by atoms with Gasteiger partial charge < -0.3 is 5.32 Å². The molecule has 2 atom stereocenters. The van der Waals surface area contributed by atoms with Gasteiger partial charge in [0.05, 0.1) is 0 Å². The first-order valence-corrected chi connectivity index (χ1v) is 3.47. The second kappa shape index (κ2) is 2.98. The van der Waals surface area contributed by atoms with Gasteiger partial charge in [-0.2, -0.15) is 0 Å². The molecule has 0 radical (unpaired) electrons. The number of hydrogen-bond donors (Lipinski definition) is 3. The van der Waals surface area contributed by atoms with Crippen molar-refractivity contribution in [2.45, 2.75) is 19.4 Å². The normalized spacial score (nSPS) is 32.4. The summed E-state index contributed by atoms with van der Waals surface area (Å²) in [7, 11) is 0. The molecule has 1 fully saturated rings. The minimum atomic E-state index is 0.132. The Labute approximate surface area is 60.1 Å². The van der Waals surface area contributed by atoms with Gasteiger partial charge in [0.1, 0.15) is 0 Å². The van der Waals surface area contributed by atoms with Gasteiger partial charge in [-0.15, -0.1) is 0 Å². The minimum absolute atomic E-state index is 0.132. The van der Waals surface area contributed by atoms with Gasteiger partial charge in [0.2, 0.25) is 5.91 Å². The Hall–Kier alpha value is -0.610. The van der Waals surface area contributed by atoms with Crippen LogP contribution in [0, 0.1) is 5.92 Å². The molecular formula is C6H13N3O. The number of amides is 1. The van der Waals surface area contributed by atoms with Gasteiger partial charge in [-0.1, -0.05) is 0 Å². The molecule has 1 aliphatic heterocycles. The first-order valence-electron chi connectivity index (χ1n) is 3.47. The van der Waals surface area contributed by atoms with Crippen LogP contribution in [-0.4, -0.2) is 18.5 Å². The maximum atomic E-state index is 10.8. The van der Waals surface area contributed by atoms with Crippen molar-refractivity contribution in [2.75, 3.05) is 6.54 Å². The zero-order chi connectivity index (χ0) is 7.56. The average molecular weight is 143 g/mol. The Morgan fingerprint density at radius 1 is 1.90 bits per heavy atom. The molecule has 4 heteroatoms. The maximum Gasteiger partial charge on any atom is 0.220 e. The molecule has 10 heavy (non-hydrogen) atoms. The van der Waals surface area contributed by atoms with Crippen LogP contribution in [0.2, 0.25) is 0 Å². The van der Waals surface area contributed by atoms with Gasteiger partial charge in [0, 0.05) is 24.9 Å². The topological polar surface area (TPSA) is 67.2 Å². The van der Waals surface area contributed by atoms with Crippen LogP contribution in [-0.2, 0) is 4.79 Å². The van der Waals surface area contributed by atoms with Crippen molar-refractivity contribution in [2.24, 2.45) is 11.8 Å². The third kappa shape index (κ3) is 1.46. The predicted molar refractivity (Wildman–Crippen MR) is 37.9 cm³/mol. The molecule has 0 aromatic heterocycles. The van der Waals surface area contributed by atoms with E-state index in [0.717, 1.165) is 0 Å². The van der Waals surface area contributed by atoms with Crippen LogP contribution < -0.4 is 16.6 Å². The molecule has 0 bridgehead atoms. The van der Waals surface area contributed by atoms with Crippen molar-refractivity contribution >= 4 is 5.91 Å². The van der Waals surface area contributed by atoms with Gasteiger partial charge in [-0.25, -0.2) is 0 Å². The lowest BCUT2D eigenvalue weighted by Crippen LogP contribution is -2.34. The van der Waals surface area contributed by atoms with Gasteiger partial charge in [-0.3, -0.25) is 16.1 Å². The molecule has 4 N–H and O–H groups in total. The number of nitrogens with two attached hydrogens (primary N) is 1. The van der Waals surface area contributed by atoms with E-state index in [4.69, 9.17) is 5.84 Å². The van der Waals surface area contributed by atoms with Gasteiger partial charge in [-0.05, 0) is 6.92 Å². The molecule has 1 amide bonds. The molecule has 1 saturated heterocycles. The summed E-state index contributed by atoms with van der Waals surface area (Å²) in [6.45, 7) is 2.70. The third-order valence-corrected chi connectivity index (χ3v) is 1.92. The Balaban J connectivity index is 2.38. The smallest absolute Gasteiger partial charge is 0.220 e. The lowest BCUT2D eigenvalue weighted by Gasteiger charge is -2.11. The summed E-state index contributed by atoms with van der Waals surface area (Å²) in [5.41, 5.74) is 2.57. The minimum Gasteiger partial charge on any atom is -0.353 e. The zero-order valence-corrected chi connectivity index (χ0v) is 6.05. The van der Waals surface area contributed by atoms with Crippen molar-refractivity contribution in [3.63, 3.8) is 0 Å². The summed E-state index contributed by atoms with van der Waals surface area (Å²) >= 11 is 0. The van der Waals surface area contributed by atoms with E-state index in [0.29, 0.717) is 18.9 Å². The molecular weight excluding hydrogens is 130 g/mol. The van der Waals surface area contributed by atoms with Crippen molar-refractivity contribution in [3.8, 4) is 0 Å². The Bertz CT molecular complexity index is 137. The fourth-order valence-electron chi connectivity index (χ4n) is 1.25. The first-order chi connectivity index (χ1) is 4.74. The summed E-state index contributed by atoms with van der Waals surface area (Å²) in [5, 5.41) is 2.82. The third-order valence-electron chi connectivity index (χ3n) is 1.92. The lowest BCUT2D eigenvalue weighted by atomic mass is 10.0. The van der Waals surface area contributed by atoms with Crippen LogP contribution in [0.5, 0.6) is 0 Å².